The summed E-state index contributed by atoms with van der Waals surface area (Å²) in [6, 6.07) is 103. The zero-order valence-electron chi connectivity index (χ0n) is 51.3. The van der Waals surface area contributed by atoms with E-state index >= 15 is 0 Å². The molecule has 0 N–H and O–H groups in total. The first-order valence-electron chi connectivity index (χ1n) is 31.9. The molecule has 3 aliphatic carbocycles. The molecule has 3 aliphatic rings. The summed E-state index contributed by atoms with van der Waals surface area (Å²) in [5.74, 6) is 0. The van der Waals surface area contributed by atoms with E-state index in [1.165, 1.54) is 183 Å². The van der Waals surface area contributed by atoms with E-state index in [2.05, 4.69) is 328 Å². The molecule has 0 fully saturated rings. The van der Waals surface area contributed by atoms with Crippen LogP contribution in [0.3, 0.4) is 0 Å². The number of para-hydroxylation sites is 3. The summed E-state index contributed by atoms with van der Waals surface area (Å²) in [6.45, 7) is 15.1. The van der Waals surface area contributed by atoms with Crippen molar-refractivity contribution >= 4 is 65.4 Å². The first-order valence-corrected chi connectivity index (χ1v) is 31.9. The van der Waals surface area contributed by atoms with Gasteiger partial charge in [0.2, 0.25) is 0 Å². The van der Waals surface area contributed by atoms with E-state index < -0.39 is 0 Å². The molecule has 3 nitrogen and oxygen atoms in total. The number of fused-ring (bicyclic) bond motifs is 21. The third kappa shape index (κ3) is 6.84. The van der Waals surface area contributed by atoms with Gasteiger partial charge in [0.15, 0.2) is 0 Å². The van der Waals surface area contributed by atoms with Crippen LogP contribution in [0.15, 0.2) is 273 Å². The van der Waals surface area contributed by atoms with Crippen molar-refractivity contribution in [2.45, 2.75) is 57.8 Å². The van der Waals surface area contributed by atoms with Crippen LogP contribution in [-0.2, 0) is 16.2 Å². The van der Waals surface area contributed by atoms with E-state index in [1.807, 2.05) is 0 Å². The Bertz CT molecular complexity index is 5190. The molecule has 3 heterocycles. The van der Waals surface area contributed by atoms with Crippen LogP contribution in [0, 0.1) is 0 Å². The fraction of sp³-hybridized carbons (Fsp3) is 0.103. The molecule has 0 radical (unpaired) electrons. The van der Waals surface area contributed by atoms with Crippen LogP contribution >= 0.6 is 0 Å². The summed E-state index contributed by atoms with van der Waals surface area (Å²) in [5.41, 5.74) is 33.6. The molecule has 0 saturated heterocycles. The first kappa shape index (κ1) is 51.3. The standard InChI is InChI=1S/C87H63N3/c1-85(2)70-40-37-58(88-73-31-19-16-28-61(73)64-46-55(34-43-76(64)88)52-22-10-7-11-23-52)49-67(70)79-82(85)80-68-50-59(89-74-32-20-17-29-62(74)65-47-56(35-44-77(65)89)53-24-12-8-13-25-53)38-41-71(68)86(3,4)84(80)81-69-51-60(39-42-72(69)87(5,6)83(79)81)90-75-33-21-18-30-63(75)66-48-57(36-45-78(66)90)54-26-14-9-15-27-54/h7-51H,1-6H3. The molecule has 19 rings (SSSR count). The summed E-state index contributed by atoms with van der Waals surface area (Å²) in [4.78, 5) is 0. The maximum atomic E-state index is 2.57. The Balaban J connectivity index is 0.883. The summed E-state index contributed by atoms with van der Waals surface area (Å²) in [6.07, 6.45) is 0. The minimum Gasteiger partial charge on any atom is -0.309 e. The fourth-order valence-electron chi connectivity index (χ4n) is 17.3. The predicted molar refractivity (Wildman–Crippen MR) is 378 cm³/mol. The average molecular weight is 1150 g/mol. The van der Waals surface area contributed by atoms with Crippen molar-refractivity contribution in [3.63, 3.8) is 0 Å². The van der Waals surface area contributed by atoms with Crippen LogP contribution < -0.4 is 0 Å². The number of aromatic nitrogens is 3. The smallest absolute Gasteiger partial charge is 0.0541 e. The third-order valence-corrected chi connectivity index (χ3v) is 21.3. The second-order valence-corrected chi connectivity index (χ2v) is 27.2. The molecule has 3 aromatic heterocycles. The van der Waals surface area contributed by atoms with Gasteiger partial charge in [-0.1, -0.05) is 224 Å². The normalized spacial score (nSPS) is 14.6. The highest BCUT2D eigenvalue weighted by Crippen LogP contribution is 2.68. The zero-order valence-corrected chi connectivity index (χ0v) is 51.3. The van der Waals surface area contributed by atoms with Crippen LogP contribution in [0.25, 0.3) is 149 Å². The number of nitrogens with zero attached hydrogens (tertiary/aromatic N) is 3. The maximum Gasteiger partial charge on any atom is 0.0541 e. The molecule has 0 spiro atoms. The van der Waals surface area contributed by atoms with Gasteiger partial charge in [0, 0.05) is 65.6 Å². The number of hydrogen-bond donors (Lipinski definition) is 0. The van der Waals surface area contributed by atoms with Crippen molar-refractivity contribution in [2.75, 3.05) is 0 Å². The molecule has 90 heavy (non-hydrogen) atoms. The summed E-state index contributed by atoms with van der Waals surface area (Å²) in [7, 11) is 0. The number of rotatable bonds is 6. The maximum absolute atomic E-state index is 2.57. The lowest BCUT2D eigenvalue weighted by atomic mass is 9.71. The van der Waals surface area contributed by atoms with Gasteiger partial charge in [0.25, 0.3) is 0 Å². The van der Waals surface area contributed by atoms with Crippen molar-refractivity contribution in [1.82, 2.24) is 13.7 Å². The molecule has 0 saturated carbocycles. The average Bonchev–Trinajstić information content (AvgIpc) is 1.49. The SMILES string of the molecule is CC1(C)c2ccc(-n3c4ccccc4c4cc(-c5ccccc5)ccc43)cc2-c2c1c1c(c3c2C(C)(C)c2ccc(-n4c5ccccc5c5cc(-c6ccccc6)ccc54)cc2-3)C(C)(C)c2ccc(-n3c4ccccc4c4cc(-c5ccccc5)ccc43)cc2-1. The van der Waals surface area contributed by atoms with Crippen LogP contribution in [-0.4, -0.2) is 13.7 Å². The summed E-state index contributed by atoms with van der Waals surface area (Å²) in [5, 5.41) is 7.54. The van der Waals surface area contributed by atoms with Crippen LogP contribution in [0.1, 0.15) is 74.9 Å². The number of benzene rings is 13. The second-order valence-electron chi connectivity index (χ2n) is 27.2. The highest BCUT2D eigenvalue weighted by molar-refractivity contribution is 6.14. The lowest BCUT2D eigenvalue weighted by Gasteiger charge is -2.31. The van der Waals surface area contributed by atoms with E-state index in [0.717, 1.165) is 0 Å². The molecule has 3 heteroatoms. The summed E-state index contributed by atoms with van der Waals surface area (Å²) >= 11 is 0. The van der Waals surface area contributed by atoms with E-state index in [-0.39, 0.29) is 16.2 Å². The first-order chi connectivity index (χ1) is 43.9. The molecule has 426 valence electrons. The van der Waals surface area contributed by atoms with E-state index in [1.54, 1.807) is 0 Å². The van der Waals surface area contributed by atoms with Gasteiger partial charge in [-0.2, -0.15) is 0 Å². The molecular weight excluding hydrogens is 1090 g/mol. The minimum atomic E-state index is -0.361. The van der Waals surface area contributed by atoms with Crippen molar-refractivity contribution in [2.24, 2.45) is 0 Å². The second kappa shape index (κ2) is 18.2. The molecule has 0 amide bonds. The fourth-order valence-corrected chi connectivity index (χ4v) is 17.3. The van der Waals surface area contributed by atoms with Gasteiger partial charge in [-0.25, -0.2) is 0 Å². The number of hydrogen-bond acceptors (Lipinski definition) is 0. The highest BCUT2D eigenvalue weighted by Gasteiger charge is 2.53. The summed E-state index contributed by atoms with van der Waals surface area (Å²) < 4.78 is 7.58. The largest absolute Gasteiger partial charge is 0.309 e. The lowest BCUT2D eigenvalue weighted by Crippen LogP contribution is -2.22. The molecule has 0 bridgehead atoms. The van der Waals surface area contributed by atoms with Crippen LogP contribution in [0.4, 0.5) is 0 Å². The van der Waals surface area contributed by atoms with Crippen molar-refractivity contribution in [3.8, 4) is 83.8 Å². The topological polar surface area (TPSA) is 14.8 Å². The third-order valence-electron chi connectivity index (χ3n) is 21.3. The van der Waals surface area contributed by atoms with Gasteiger partial charge < -0.3 is 13.7 Å². The molecular formula is C87H63N3. The highest BCUT2D eigenvalue weighted by atomic mass is 15.0. The Kier molecular flexibility index (Phi) is 10.4. The van der Waals surface area contributed by atoms with Gasteiger partial charge in [-0.15, -0.1) is 0 Å². The molecule has 16 aromatic rings. The van der Waals surface area contributed by atoms with Crippen LogP contribution in [0.5, 0.6) is 0 Å². The zero-order chi connectivity index (χ0) is 60.1. The lowest BCUT2D eigenvalue weighted by molar-refractivity contribution is 0.635. The quantitative estimate of drug-likeness (QED) is 0.158. The predicted octanol–water partition coefficient (Wildman–Crippen LogP) is 22.9. The van der Waals surface area contributed by atoms with Crippen LogP contribution in [0.2, 0.25) is 0 Å². The Hall–Kier alpha value is -10.7. The van der Waals surface area contributed by atoms with Gasteiger partial charge in [0.1, 0.15) is 0 Å². The minimum absolute atomic E-state index is 0.361. The van der Waals surface area contributed by atoms with Crippen molar-refractivity contribution < 1.29 is 0 Å². The van der Waals surface area contributed by atoms with Crippen molar-refractivity contribution in [3.05, 3.63) is 306 Å². The molecule has 0 unspecified atom stereocenters. The Labute approximate surface area is 524 Å². The molecule has 0 atom stereocenters. The molecule has 13 aromatic carbocycles. The van der Waals surface area contributed by atoms with Crippen molar-refractivity contribution in [1.29, 1.82) is 0 Å². The van der Waals surface area contributed by atoms with Gasteiger partial charge in [-0.3, -0.25) is 0 Å². The van der Waals surface area contributed by atoms with E-state index in [0.29, 0.717) is 0 Å². The Morgan fingerprint density at radius 2 is 0.467 bits per heavy atom. The van der Waals surface area contributed by atoms with Gasteiger partial charge >= 0.3 is 0 Å². The van der Waals surface area contributed by atoms with Gasteiger partial charge in [-0.05, 0) is 191 Å². The Morgan fingerprint density at radius 3 is 0.756 bits per heavy atom. The van der Waals surface area contributed by atoms with E-state index in [9.17, 15) is 0 Å². The van der Waals surface area contributed by atoms with Gasteiger partial charge in [0.05, 0.1) is 33.1 Å². The monoisotopic (exact) mass is 1150 g/mol. The molecule has 0 aliphatic heterocycles. The Morgan fingerprint density at radius 1 is 0.211 bits per heavy atom. The van der Waals surface area contributed by atoms with E-state index in [4.69, 9.17) is 0 Å².